The monoisotopic (exact) mass is 418 g/mol. The van der Waals surface area contributed by atoms with Crippen molar-refractivity contribution in [3.05, 3.63) is 23.8 Å². The molecule has 0 bridgehead atoms. The molecule has 1 aromatic carbocycles. The fourth-order valence-electron chi connectivity index (χ4n) is 5.14. The minimum atomic E-state index is -0.613. The van der Waals surface area contributed by atoms with Gasteiger partial charge in [-0.25, -0.2) is 0 Å². The van der Waals surface area contributed by atoms with Crippen molar-refractivity contribution in [2.45, 2.75) is 109 Å². The second kappa shape index (κ2) is 10.5. The Morgan fingerprint density at radius 1 is 1.23 bits per heavy atom. The number of hydrogen-bond donors (Lipinski definition) is 2. The Balaban J connectivity index is 1.65. The maximum atomic E-state index is 11.8. The van der Waals surface area contributed by atoms with E-state index >= 15 is 0 Å². The number of aryl methyl sites for hydroxylation is 1. The number of ether oxygens (including phenoxy) is 2. The van der Waals surface area contributed by atoms with Crippen LogP contribution in [0.3, 0.4) is 0 Å². The number of aromatic hydroxyl groups is 1. The summed E-state index contributed by atoms with van der Waals surface area (Å²) in [6.07, 6.45) is 11.0. The zero-order chi connectivity index (χ0) is 21.6. The highest BCUT2D eigenvalue weighted by Crippen LogP contribution is 2.41. The Morgan fingerprint density at radius 3 is 2.67 bits per heavy atom. The number of phenols is 1. The lowest BCUT2D eigenvalue weighted by molar-refractivity contribution is -0.168. The summed E-state index contributed by atoms with van der Waals surface area (Å²) < 4.78 is 11.8. The Kier molecular flexibility index (Phi) is 8.04. The minimum Gasteiger partial charge on any atom is -0.504 e. The molecule has 2 N–H and O–H groups in total. The lowest BCUT2D eigenvalue weighted by Crippen LogP contribution is -2.45. The lowest BCUT2D eigenvalue weighted by Gasteiger charge is -2.42. The van der Waals surface area contributed by atoms with E-state index in [-0.39, 0.29) is 17.8 Å². The largest absolute Gasteiger partial charge is 0.504 e. The van der Waals surface area contributed by atoms with Gasteiger partial charge in [0.2, 0.25) is 0 Å². The highest BCUT2D eigenvalue weighted by Gasteiger charge is 2.42. The molecule has 3 atom stereocenters. The smallest absolute Gasteiger partial charge is 0.303 e. The van der Waals surface area contributed by atoms with E-state index in [1.807, 2.05) is 12.1 Å². The predicted octanol–water partition coefficient (Wildman–Crippen LogP) is 5.30. The normalized spacial score (nSPS) is 27.2. The molecule has 0 radical (unpaired) electrons. The molecule has 30 heavy (non-hydrogen) atoms. The standard InChI is InChI=1S/C25H38O5/c1-3-4-7-20-13-15-25(17-23(20)28,30-18(2)26)14-12-19-10-11-22(27)24(16-19)29-21-8-5-6-9-21/h10-11,16,20-21,23,27-28H,3-9,12-15,17H2,1-2H3/t20-,23-,25+/m1/s1. The SMILES string of the molecule is CCCC[C@@H]1CC[C@](CCc2ccc(O)c(OC3CCCC3)c2)(OC(C)=O)C[C@H]1O. The highest BCUT2D eigenvalue weighted by atomic mass is 16.6. The van der Waals surface area contributed by atoms with Crippen molar-refractivity contribution in [2.24, 2.45) is 5.92 Å². The van der Waals surface area contributed by atoms with Crippen LogP contribution in [0.1, 0.15) is 90.0 Å². The van der Waals surface area contributed by atoms with Crippen LogP contribution < -0.4 is 4.74 Å². The quantitative estimate of drug-likeness (QED) is 0.532. The zero-order valence-electron chi connectivity index (χ0n) is 18.6. The molecule has 2 aliphatic rings. The van der Waals surface area contributed by atoms with Crippen LogP contribution in [0.15, 0.2) is 18.2 Å². The van der Waals surface area contributed by atoms with E-state index in [1.165, 1.54) is 19.8 Å². The fraction of sp³-hybridized carbons (Fsp3) is 0.720. The van der Waals surface area contributed by atoms with E-state index in [9.17, 15) is 15.0 Å². The van der Waals surface area contributed by atoms with Gasteiger partial charge in [0.1, 0.15) is 5.60 Å². The number of unbranched alkanes of at least 4 members (excludes halogenated alkanes) is 1. The van der Waals surface area contributed by atoms with Gasteiger partial charge in [0.15, 0.2) is 11.5 Å². The molecule has 168 valence electrons. The summed E-state index contributed by atoms with van der Waals surface area (Å²) in [6.45, 7) is 3.62. The maximum absolute atomic E-state index is 11.8. The first-order chi connectivity index (χ1) is 14.4. The lowest BCUT2D eigenvalue weighted by atomic mass is 9.72. The molecular formula is C25H38O5. The maximum Gasteiger partial charge on any atom is 0.303 e. The van der Waals surface area contributed by atoms with Crippen LogP contribution in [0.5, 0.6) is 11.5 Å². The zero-order valence-corrected chi connectivity index (χ0v) is 18.6. The first kappa shape index (κ1) is 22.9. The molecule has 0 saturated heterocycles. The number of phenolic OH excluding ortho intramolecular Hbond substituents is 1. The number of esters is 1. The molecule has 5 heteroatoms. The van der Waals surface area contributed by atoms with Crippen molar-refractivity contribution in [3.8, 4) is 11.5 Å². The van der Waals surface area contributed by atoms with Crippen LogP contribution in [0.2, 0.25) is 0 Å². The average Bonchev–Trinajstić information content (AvgIpc) is 3.21. The number of benzene rings is 1. The van der Waals surface area contributed by atoms with E-state index in [4.69, 9.17) is 9.47 Å². The van der Waals surface area contributed by atoms with E-state index in [1.54, 1.807) is 6.07 Å². The van der Waals surface area contributed by atoms with E-state index in [2.05, 4.69) is 6.92 Å². The molecule has 5 nitrogen and oxygen atoms in total. The minimum absolute atomic E-state index is 0.173. The van der Waals surface area contributed by atoms with Crippen LogP contribution in [-0.2, 0) is 16.0 Å². The molecule has 3 rings (SSSR count). The van der Waals surface area contributed by atoms with Crippen molar-refractivity contribution in [3.63, 3.8) is 0 Å². The summed E-state index contributed by atoms with van der Waals surface area (Å²) in [4.78, 5) is 11.8. The topological polar surface area (TPSA) is 76.0 Å². The molecule has 0 heterocycles. The van der Waals surface area contributed by atoms with Crippen LogP contribution >= 0.6 is 0 Å². The molecule has 2 fully saturated rings. The summed E-state index contributed by atoms with van der Waals surface area (Å²) in [7, 11) is 0. The van der Waals surface area contributed by atoms with Gasteiger partial charge in [-0.15, -0.1) is 0 Å². The van der Waals surface area contributed by atoms with Gasteiger partial charge in [0.05, 0.1) is 12.2 Å². The summed E-state index contributed by atoms with van der Waals surface area (Å²) in [5.41, 5.74) is 0.438. The number of aliphatic hydroxyl groups excluding tert-OH is 1. The van der Waals surface area contributed by atoms with Crippen LogP contribution in [-0.4, -0.2) is 34.0 Å². The van der Waals surface area contributed by atoms with Gasteiger partial charge in [0.25, 0.3) is 0 Å². The Hall–Kier alpha value is -1.75. The van der Waals surface area contributed by atoms with Gasteiger partial charge in [-0.3, -0.25) is 4.79 Å². The number of carbonyl (C=O) groups is 1. The van der Waals surface area contributed by atoms with Crippen LogP contribution in [0.4, 0.5) is 0 Å². The molecule has 0 unspecified atom stereocenters. The van der Waals surface area contributed by atoms with Gasteiger partial charge in [-0.1, -0.05) is 25.8 Å². The fourth-order valence-corrected chi connectivity index (χ4v) is 5.14. The second-order valence-corrected chi connectivity index (χ2v) is 9.32. The Labute approximate surface area is 180 Å². The first-order valence-corrected chi connectivity index (χ1v) is 11.8. The number of aliphatic hydroxyl groups is 1. The van der Waals surface area contributed by atoms with Crippen molar-refractivity contribution in [2.75, 3.05) is 0 Å². The summed E-state index contributed by atoms with van der Waals surface area (Å²) >= 11 is 0. The van der Waals surface area contributed by atoms with E-state index in [0.717, 1.165) is 50.5 Å². The van der Waals surface area contributed by atoms with Gasteiger partial charge >= 0.3 is 5.97 Å². The van der Waals surface area contributed by atoms with E-state index in [0.29, 0.717) is 30.9 Å². The summed E-state index contributed by atoms with van der Waals surface area (Å²) in [6, 6.07) is 5.51. The first-order valence-electron chi connectivity index (χ1n) is 11.8. The Bertz CT molecular complexity index is 697. The number of rotatable bonds is 9. The molecule has 2 saturated carbocycles. The van der Waals surface area contributed by atoms with Crippen molar-refractivity contribution < 1.29 is 24.5 Å². The Morgan fingerprint density at radius 2 is 2.00 bits per heavy atom. The third-order valence-electron chi connectivity index (χ3n) is 6.87. The molecule has 1 aromatic rings. The van der Waals surface area contributed by atoms with Gasteiger partial charge < -0.3 is 19.7 Å². The predicted molar refractivity (Wildman–Crippen MR) is 117 cm³/mol. The third kappa shape index (κ3) is 6.13. The second-order valence-electron chi connectivity index (χ2n) is 9.32. The molecule has 0 aromatic heterocycles. The van der Waals surface area contributed by atoms with Crippen LogP contribution in [0.25, 0.3) is 0 Å². The van der Waals surface area contributed by atoms with Crippen LogP contribution in [0, 0.1) is 5.92 Å². The van der Waals surface area contributed by atoms with Crippen molar-refractivity contribution in [1.29, 1.82) is 0 Å². The van der Waals surface area contributed by atoms with Gasteiger partial charge in [0, 0.05) is 13.3 Å². The third-order valence-corrected chi connectivity index (χ3v) is 6.87. The van der Waals surface area contributed by atoms with Gasteiger partial charge in [-0.05, 0) is 81.4 Å². The number of hydrogen-bond acceptors (Lipinski definition) is 5. The molecular weight excluding hydrogens is 380 g/mol. The molecule has 0 aliphatic heterocycles. The molecule has 0 spiro atoms. The highest BCUT2D eigenvalue weighted by molar-refractivity contribution is 5.66. The molecule has 0 amide bonds. The average molecular weight is 419 g/mol. The summed E-state index contributed by atoms with van der Waals surface area (Å²) in [5.74, 6) is 0.732. The van der Waals surface area contributed by atoms with Crippen molar-refractivity contribution in [1.82, 2.24) is 0 Å². The molecule has 2 aliphatic carbocycles. The van der Waals surface area contributed by atoms with Gasteiger partial charge in [-0.2, -0.15) is 0 Å². The van der Waals surface area contributed by atoms with E-state index < -0.39 is 11.7 Å². The summed E-state index contributed by atoms with van der Waals surface area (Å²) in [5, 5.41) is 20.9. The van der Waals surface area contributed by atoms with Crippen molar-refractivity contribution >= 4 is 5.97 Å². The number of carbonyl (C=O) groups excluding carboxylic acids is 1.